The lowest BCUT2D eigenvalue weighted by atomic mass is 9.83. The van der Waals surface area contributed by atoms with Crippen LogP contribution in [-0.4, -0.2) is 53.2 Å². The van der Waals surface area contributed by atoms with Gasteiger partial charge in [-0.05, 0) is 42.9 Å². The van der Waals surface area contributed by atoms with Gasteiger partial charge in [-0.1, -0.05) is 5.21 Å². The predicted molar refractivity (Wildman–Crippen MR) is 105 cm³/mol. The van der Waals surface area contributed by atoms with Crippen LogP contribution in [0.4, 0.5) is 14.5 Å². The minimum atomic E-state index is -0.594. The molecule has 1 amide bonds. The van der Waals surface area contributed by atoms with Crippen LogP contribution in [0.1, 0.15) is 30.7 Å². The molecule has 0 saturated carbocycles. The smallest absolute Gasteiger partial charge is 0.227 e. The summed E-state index contributed by atoms with van der Waals surface area (Å²) in [5.74, 6) is -0.804. The Balaban J connectivity index is 1.28. The number of benzene rings is 1. The molecule has 4 heterocycles. The number of aromatic nitrogens is 3. The number of halogens is 2. The van der Waals surface area contributed by atoms with Gasteiger partial charge in [-0.2, -0.15) is 0 Å². The molecule has 5 rings (SSSR count). The Labute approximate surface area is 173 Å². The van der Waals surface area contributed by atoms with Crippen molar-refractivity contribution in [3.05, 3.63) is 41.7 Å². The minimum Gasteiger partial charge on any atom is -0.381 e. The van der Waals surface area contributed by atoms with E-state index < -0.39 is 17.6 Å². The summed E-state index contributed by atoms with van der Waals surface area (Å²) in [5, 5.41) is 10.5. The number of carbonyl (C=O) groups excluding carboxylic acids is 1. The van der Waals surface area contributed by atoms with E-state index in [-0.39, 0.29) is 17.6 Å². The molecule has 3 fully saturated rings. The molecule has 30 heavy (non-hydrogen) atoms. The third kappa shape index (κ3) is 3.66. The standard InChI is InChI=1S/C21H25F2N5O2/c22-18-7-14(17-9-16(25-21(17)29)10-28-6-3-24-26-28)8-19(23)20(18)27-4-1-13(2-5-27)15-11-30-12-15/h3,6-8,13,15-17H,1-2,4-5,9-12H2,(H,25,29)/t16?,17-/m1/s1. The van der Waals surface area contributed by atoms with Crippen LogP contribution in [0.15, 0.2) is 24.5 Å². The third-order valence-corrected chi connectivity index (χ3v) is 6.69. The molecular weight excluding hydrogens is 392 g/mol. The van der Waals surface area contributed by atoms with Gasteiger partial charge in [0.25, 0.3) is 0 Å². The van der Waals surface area contributed by atoms with E-state index in [9.17, 15) is 13.6 Å². The number of anilines is 1. The van der Waals surface area contributed by atoms with Gasteiger partial charge in [0.2, 0.25) is 5.91 Å². The molecule has 3 saturated heterocycles. The van der Waals surface area contributed by atoms with Crippen molar-refractivity contribution in [2.45, 2.75) is 37.8 Å². The van der Waals surface area contributed by atoms with E-state index in [1.165, 1.54) is 12.1 Å². The zero-order valence-corrected chi connectivity index (χ0v) is 16.6. The predicted octanol–water partition coefficient (Wildman–Crippen LogP) is 2.09. The third-order valence-electron chi connectivity index (χ3n) is 6.69. The highest BCUT2D eigenvalue weighted by Crippen LogP contribution is 2.36. The molecule has 0 bridgehead atoms. The molecule has 1 aromatic carbocycles. The number of hydrogen-bond acceptors (Lipinski definition) is 5. The topological polar surface area (TPSA) is 72.3 Å². The van der Waals surface area contributed by atoms with Crippen molar-refractivity contribution >= 4 is 11.6 Å². The number of nitrogens with zero attached hydrogens (tertiary/aromatic N) is 4. The minimum absolute atomic E-state index is 0.0274. The average Bonchev–Trinajstić information content (AvgIpc) is 3.31. The highest BCUT2D eigenvalue weighted by Gasteiger charge is 2.36. The fourth-order valence-corrected chi connectivity index (χ4v) is 4.92. The lowest BCUT2D eigenvalue weighted by Gasteiger charge is -2.40. The molecule has 9 heteroatoms. The van der Waals surface area contributed by atoms with Crippen LogP contribution in [0.5, 0.6) is 0 Å². The van der Waals surface area contributed by atoms with Crippen molar-refractivity contribution < 1.29 is 18.3 Å². The summed E-state index contributed by atoms with van der Waals surface area (Å²) >= 11 is 0. The van der Waals surface area contributed by atoms with Gasteiger partial charge in [-0.3, -0.25) is 9.48 Å². The Morgan fingerprint density at radius 2 is 1.87 bits per heavy atom. The van der Waals surface area contributed by atoms with Crippen molar-refractivity contribution in [1.82, 2.24) is 20.3 Å². The van der Waals surface area contributed by atoms with E-state index >= 15 is 0 Å². The number of piperidine rings is 1. The number of amides is 1. The summed E-state index contributed by atoms with van der Waals surface area (Å²) < 4.78 is 36.8. The van der Waals surface area contributed by atoms with E-state index in [0.29, 0.717) is 43.5 Å². The Morgan fingerprint density at radius 1 is 1.13 bits per heavy atom. The molecule has 1 aromatic heterocycles. The molecule has 1 unspecified atom stereocenters. The van der Waals surface area contributed by atoms with Gasteiger partial charge in [-0.25, -0.2) is 8.78 Å². The molecular formula is C21H25F2N5O2. The monoisotopic (exact) mass is 417 g/mol. The molecule has 3 aliphatic heterocycles. The summed E-state index contributed by atoms with van der Waals surface area (Å²) in [4.78, 5) is 14.2. The first-order chi connectivity index (χ1) is 14.6. The molecule has 2 atom stereocenters. The van der Waals surface area contributed by atoms with E-state index in [0.717, 1.165) is 26.1 Å². The molecule has 0 aliphatic carbocycles. The zero-order valence-electron chi connectivity index (χ0n) is 16.6. The fraction of sp³-hybridized carbons (Fsp3) is 0.571. The highest BCUT2D eigenvalue weighted by atomic mass is 19.1. The van der Waals surface area contributed by atoms with Gasteiger partial charge in [0.05, 0.1) is 31.9 Å². The maximum absolute atomic E-state index is 15.0. The quantitative estimate of drug-likeness (QED) is 0.807. The van der Waals surface area contributed by atoms with Crippen LogP contribution >= 0.6 is 0 Å². The van der Waals surface area contributed by atoms with Crippen molar-refractivity contribution in [2.75, 3.05) is 31.2 Å². The van der Waals surface area contributed by atoms with Gasteiger partial charge >= 0.3 is 0 Å². The van der Waals surface area contributed by atoms with Gasteiger partial charge in [0.1, 0.15) is 17.3 Å². The second kappa shape index (κ2) is 7.94. The SMILES string of the molecule is O=C1NC(Cn2ccnn2)C[C@@H]1c1cc(F)c(N2CCC(C3COC3)CC2)c(F)c1. The van der Waals surface area contributed by atoms with Gasteiger partial charge < -0.3 is 15.0 Å². The van der Waals surface area contributed by atoms with Gasteiger partial charge in [0, 0.05) is 31.2 Å². The summed E-state index contributed by atoms with van der Waals surface area (Å²) in [6, 6.07) is 2.50. The average molecular weight is 417 g/mol. The van der Waals surface area contributed by atoms with Crippen molar-refractivity contribution in [2.24, 2.45) is 11.8 Å². The molecule has 3 aliphatic rings. The molecule has 1 N–H and O–H groups in total. The van der Waals surface area contributed by atoms with Crippen molar-refractivity contribution in [3.8, 4) is 0 Å². The Kier molecular flexibility index (Phi) is 5.14. The molecule has 2 aromatic rings. The summed E-state index contributed by atoms with van der Waals surface area (Å²) in [5.41, 5.74) is 0.411. The van der Waals surface area contributed by atoms with Crippen LogP contribution in [-0.2, 0) is 16.1 Å². The van der Waals surface area contributed by atoms with E-state index in [2.05, 4.69) is 15.6 Å². The van der Waals surface area contributed by atoms with E-state index in [4.69, 9.17) is 4.74 Å². The first kappa shape index (κ1) is 19.4. The number of nitrogens with one attached hydrogen (secondary N) is 1. The molecule has 7 nitrogen and oxygen atoms in total. The second-order valence-corrected chi connectivity index (χ2v) is 8.57. The normalized spacial score (nSPS) is 25.4. The number of carbonyl (C=O) groups is 1. The molecule has 0 spiro atoms. The molecule has 160 valence electrons. The summed E-state index contributed by atoms with van der Waals surface area (Å²) in [6.07, 6.45) is 5.59. The van der Waals surface area contributed by atoms with Crippen LogP contribution in [0.2, 0.25) is 0 Å². The van der Waals surface area contributed by atoms with Crippen LogP contribution in [0.3, 0.4) is 0 Å². The highest BCUT2D eigenvalue weighted by molar-refractivity contribution is 5.86. The second-order valence-electron chi connectivity index (χ2n) is 8.57. The summed E-state index contributed by atoms with van der Waals surface area (Å²) in [6.45, 7) is 3.37. The number of hydrogen-bond donors (Lipinski definition) is 1. The largest absolute Gasteiger partial charge is 0.381 e. The maximum Gasteiger partial charge on any atom is 0.227 e. The molecule has 0 radical (unpaired) electrons. The lowest BCUT2D eigenvalue weighted by Crippen LogP contribution is -2.42. The van der Waals surface area contributed by atoms with Crippen LogP contribution in [0.25, 0.3) is 0 Å². The zero-order chi connectivity index (χ0) is 20.7. The first-order valence-corrected chi connectivity index (χ1v) is 10.5. The van der Waals surface area contributed by atoms with E-state index in [1.807, 2.05) is 0 Å². The number of ether oxygens (including phenoxy) is 1. The number of rotatable bonds is 5. The van der Waals surface area contributed by atoms with Crippen LogP contribution < -0.4 is 10.2 Å². The Hall–Kier alpha value is -2.55. The van der Waals surface area contributed by atoms with Gasteiger partial charge in [0.15, 0.2) is 0 Å². The Morgan fingerprint density at radius 3 is 2.47 bits per heavy atom. The fourth-order valence-electron chi connectivity index (χ4n) is 4.92. The first-order valence-electron chi connectivity index (χ1n) is 10.5. The van der Waals surface area contributed by atoms with Crippen molar-refractivity contribution in [3.63, 3.8) is 0 Å². The lowest BCUT2D eigenvalue weighted by molar-refractivity contribution is -0.120. The van der Waals surface area contributed by atoms with Crippen LogP contribution in [0, 0.1) is 23.5 Å². The maximum atomic E-state index is 15.0. The van der Waals surface area contributed by atoms with Crippen molar-refractivity contribution in [1.29, 1.82) is 0 Å². The summed E-state index contributed by atoms with van der Waals surface area (Å²) in [7, 11) is 0. The van der Waals surface area contributed by atoms with Gasteiger partial charge in [-0.15, -0.1) is 5.10 Å². The van der Waals surface area contributed by atoms with E-state index in [1.54, 1.807) is 22.0 Å². The Bertz CT molecular complexity index is 887.